The lowest BCUT2D eigenvalue weighted by atomic mass is 9.95. The maximum atomic E-state index is 12.0. The van der Waals surface area contributed by atoms with Crippen LogP contribution in [0.5, 0.6) is 0 Å². The van der Waals surface area contributed by atoms with E-state index in [1.807, 2.05) is 11.8 Å². The van der Waals surface area contributed by atoms with Gasteiger partial charge in [0, 0.05) is 24.4 Å². The van der Waals surface area contributed by atoms with E-state index in [9.17, 15) is 19.7 Å². The monoisotopic (exact) mass is 392 g/mol. The Morgan fingerprint density at radius 3 is 2.59 bits per heavy atom. The lowest BCUT2D eigenvalue weighted by Gasteiger charge is -2.35. The molecule has 0 spiro atoms. The Morgan fingerprint density at radius 1 is 1.19 bits per heavy atom. The largest absolute Gasteiger partial charge is 0.348 e. The number of para-hydroxylation sites is 2. The molecule has 0 bridgehead atoms. The molecule has 0 aromatic heterocycles. The minimum absolute atomic E-state index is 0.0189. The highest BCUT2D eigenvalue weighted by molar-refractivity contribution is 7.99. The molecule has 1 aromatic rings. The molecule has 0 saturated carbocycles. The standard InChI is InChI=1S/C18H24N4O4S/c23-17(18(24)20-15-3-1-2-4-16(15)22(25)26)19-11-13-5-8-21(9-6-13)14-7-10-27-12-14/h1-4,13-14H,5-12H2,(H,19,23)(H,20,24). The lowest BCUT2D eigenvalue weighted by molar-refractivity contribution is -0.383. The van der Waals surface area contributed by atoms with Crippen molar-refractivity contribution in [3.8, 4) is 0 Å². The molecule has 2 saturated heterocycles. The van der Waals surface area contributed by atoms with Crippen LogP contribution < -0.4 is 10.6 Å². The molecule has 3 rings (SSSR count). The van der Waals surface area contributed by atoms with E-state index in [1.54, 1.807) is 6.07 Å². The van der Waals surface area contributed by atoms with Gasteiger partial charge in [0.1, 0.15) is 5.69 Å². The Morgan fingerprint density at radius 2 is 1.93 bits per heavy atom. The molecule has 1 atom stereocenters. The fraction of sp³-hybridized carbons (Fsp3) is 0.556. The first kappa shape index (κ1) is 19.6. The van der Waals surface area contributed by atoms with Crippen molar-refractivity contribution in [2.24, 2.45) is 5.92 Å². The summed E-state index contributed by atoms with van der Waals surface area (Å²) in [6.07, 6.45) is 3.28. The Hall–Kier alpha value is -2.13. The Labute approximate surface area is 162 Å². The minimum Gasteiger partial charge on any atom is -0.348 e. The maximum Gasteiger partial charge on any atom is 0.313 e. The van der Waals surface area contributed by atoms with Crippen molar-refractivity contribution < 1.29 is 14.5 Å². The number of carbonyl (C=O) groups is 2. The molecular formula is C18H24N4O4S. The number of nitrogens with zero attached hydrogens (tertiary/aromatic N) is 2. The molecule has 8 nitrogen and oxygen atoms in total. The highest BCUT2D eigenvalue weighted by Crippen LogP contribution is 2.27. The number of nitrogens with one attached hydrogen (secondary N) is 2. The first-order chi connectivity index (χ1) is 13.0. The summed E-state index contributed by atoms with van der Waals surface area (Å²) in [5.74, 6) is 1.17. The number of thioether (sulfide) groups is 1. The molecule has 0 aliphatic carbocycles. The molecule has 2 N–H and O–H groups in total. The average molecular weight is 392 g/mol. The van der Waals surface area contributed by atoms with Gasteiger partial charge in [-0.25, -0.2) is 0 Å². The van der Waals surface area contributed by atoms with E-state index in [1.165, 1.54) is 36.1 Å². The zero-order valence-corrected chi connectivity index (χ0v) is 15.9. The average Bonchev–Trinajstić information content (AvgIpc) is 3.21. The van der Waals surface area contributed by atoms with Crippen molar-refractivity contribution in [3.63, 3.8) is 0 Å². The number of rotatable bonds is 5. The highest BCUT2D eigenvalue weighted by atomic mass is 32.2. The van der Waals surface area contributed by atoms with Gasteiger partial charge in [-0.1, -0.05) is 12.1 Å². The predicted molar refractivity (Wildman–Crippen MR) is 105 cm³/mol. The van der Waals surface area contributed by atoms with Gasteiger partial charge in [0.2, 0.25) is 0 Å². The second-order valence-corrected chi connectivity index (χ2v) is 8.08. The Kier molecular flexibility index (Phi) is 6.68. The van der Waals surface area contributed by atoms with Crippen molar-refractivity contribution in [1.82, 2.24) is 10.2 Å². The maximum absolute atomic E-state index is 12.0. The third-order valence-corrected chi connectivity index (χ3v) is 6.32. The number of anilines is 1. The van der Waals surface area contributed by atoms with Gasteiger partial charge in [0.15, 0.2) is 0 Å². The van der Waals surface area contributed by atoms with Gasteiger partial charge in [-0.15, -0.1) is 0 Å². The van der Waals surface area contributed by atoms with Crippen LogP contribution in [0.15, 0.2) is 24.3 Å². The van der Waals surface area contributed by atoms with Crippen LogP contribution in [0, 0.1) is 16.0 Å². The van der Waals surface area contributed by atoms with E-state index in [0.717, 1.165) is 25.9 Å². The van der Waals surface area contributed by atoms with Crippen LogP contribution in [-0.4, -0.2) is 58.8 Å². The molecule has 2 fully saturated rings. The van der Waals surface area contributed by atoms with Gasteiger partial charge < -0.3 is 10.6 Å². The van der Waals surface area contributed by atoms with E-state index >= 15 is 0 Å². The molecule has 1 unspecified atom stereocenters. The summed E-state index contributed by atoms with van der Waals surface area (Å²) in [5.41, 5.74) is -0.221. The lowest BCUT2D eigenvalue weighted by Crippen LogP contribution is -2.45. The van der Waals surface area contributed by atoms with Crippen LogP contribution in [0.4, 0.5) is 11.4 Å². The van der Waals surface area contributed by atoms with Gasteiger partial charge in [-0.2, -0.15) is 11.8 Å². The quantitative estimate of drug-likeness (QED) is 0.450. The van der Waals surface area contributed by atoms with Crippen LogP contribution in [0.25, 0.3) is 0 Å². The highest BCUT2D eigenvalue weighted by Gasteiger charge is 2.28. The number of nitro benzene ring substituents is 1. The first-order valence-corrected chi connectivity index (χ1v) is 10.3. The third-order valence-electron chi connectivity index (χ3n) is 5.18. The number of amides is 2. The smallest absolute Gasteiger partial charge is 0.313 e. The fourth-order valence-corrected chi connectivity index (χ4v) is 4.82. The van der Waals surface area contributed by atoms with Gasteiger partial charge in [-0.05, 0) is 50.1 Å². The van der Waals surface area contributed by atoms with Gasteiger partial charge >= 0.3 is 11.8 Å². The molecule has 2 amide bonds. The van der Waals surface area contributed by atoms with E-state index in [0.29, 0.717) is 18.5 Å². The third kappa shape index (κ3) is 5.20. The van der Waals surface area contributed by atoms with Crippen LogP contribution in [0.3, 0.4) is 0 Å². The summed E-state index contributed by atoms with van der Waals surface area (Å²) < 4.78 is 0. The number of hydrogen-bond donors (Lipinski definition) is 2. The van der Waals surface area contributed by atoms with Crippen molar-refractivity contribution in [2.75, 3.05) is 36.5 Å². The second kappa shape index (κ2) is 9.18. The number of hydrogen-bond acceptors (Lipinski definition) is 6. The SMILES string of the molecule is O=C(NCC1CCN(C2CCSC2)CC1)C(=O)Nc1ccccc1[N+](=O)[O-]. The van der Waals surface area contributed by atoms with Crippen molar-refractivity contribution >= 4 is 35.0 Å². The summed E-state index contributed by atoms with van der Waals surface area (Å²) in [4.78, 5) is 37.0. The first-order valence-electron chi connectivity index (χ1n) is 9.19. The molecule has 146 valence electrons. The number of benzene rings is 1. The van der Waals surface area contributed by atoms with Gasteiger partial charge in [0.05, 0.1) is 4.92 Å². The molecule has 9 heteroatoms. The Balaban J connectivity index is 1.43. The molecule has 2 aliphatic heterocycles. The predicted octanol–water partition coefficient (Wildman–Crippen LogP) is 1.87. The molecular weight excluding hydrogens is 368 g/mol. The van der Waals surface area contributed by atoms with Crippen molar-refractivity contribution in [3.05, 3.63) is 34.4 Å². The zero-order chi connectivity index (χ0) is 19.2. The van der Waals surface area contributed by atoms with Gasteiger partial charge in [-0.3, -0.25) is 24.6 Å². The van der Waals surface area contributed by atoms with Crippen LogP contribution >= 0.6 is 11.8 Å². The van der Waals surface area contributed by atoms with Gasteiger partial charge in [0.25, 0.3) is 5.69 Å². The number of carbonyl (C=O) groups excluding carboxylic acids is 2. The summed E-state index contributed by atoms with van der Waals surface area (Å²) in [6.45, 7) is 2.53. The molecule has 2 heterocycles. The van der Waals surface area contributed by atoms with E-state index in [-0.39, 0.29) is 11.4 Å². The zero-order valence-electron chi connectivity index (χ0n) is 15.1. The summed E-state index contributed by atoms with van der Waals surface area (Å²) in [7, 11) is 0. The summed E-state index contributed by atoms with van der Waals surface area (Å²) >= 11 is 2.01. The number of piperidine rings is 1. The van der Waals surface area contributed by atoms with E-state index in [4.69, 9.17) is 0 Å². The van der Waals surface area contributed by atoms with Crippen LogP contribution in [-0.2, 0) is 9.59 Å². The van der Waals surface area contributed by atoms with Crippen LogP contribution in [0.2, 0.25) is 0 Å². The van der Waals surface area contributed by atoms with Crippen molar-refractivity contribution in [1.29, 1.82) is 0 Å². The number of nitro groups is 1. The van der Waals surface area contributed by atoms with Crippen LogP contribution in [0.1, 0.15) is 19.3 Å². The fourth-order valence-electron chi connectivity index (χ4n) is 3.57. The summed E-state index contributed by atoms with van der Waals surface area (Å²) in [5, 5.41) is 16.0. The normalized spacial score (nSPS) is 21.0. The number of likely N-dealkylation sites (tertiary alicyclic amines) is 1. The van der Waals surface area contributed by atoms with Crippen molar-refractivity contribution in [2.45, 2.75) is 25.3 Å². The molecule has 27 heavy (non-hydrogen) atoms. The second-order valence-electron chi connectivity index (χ2n) is 6.94. The minimum atomic E-state index is -0.885. The summed E-state index contributed by atoms with van der Waals surface area (Å²) in [6, 6.07) is 6.45. The van der Waals surface area contributed by atoms with E-state index in [2.05, 4.69) is 15.5 Å². The molecule has 2 aliphatic rings. The van der Waals surface area contributed by atoms with E-state index < -0.39 is 16.7 Å². The topological polar surface area (TPSA) is 105 Å². The Bertz CT molecular complexity index is 700. The molecule has 1 aromatic carbocycles. The molecule has 0 radical (unpaired) electrons.